The molecule has 10 nitrogen and oxygen atoms in total. The molecule has 0 saturated heterocycles. The fraction of sp³-hybridized carbons (Fsp3) is 0.261. The maximum Gasteiger partial charge on any atom is 0.342 e. The van der Waals surface area contributed by atoms with Crippen LogP contribution >= 0.6 is 11.8 Å². The predicted octanol–water partition coefficient (Wildman–Crippen LogP) is 3.92. The molecule has 1 aromatic heterocycles. The summed E-state index contributed by atoms with van der Waals surface area (Å²) in [6.45, 7) is 2.41. The number of carboxylic acid groups (broad SMARTS) is 1. The molecule has 2 aromatic carbocycles. The van der Waals surface area contributed by atoms with Crippen LogP contribution in [0.5, 0.6) is 28.7 Å². The minimum atomic E-state index is -1.15. The SMILES string of the molecule is CCn1c(S/C(=C\c2cc(OC)c(O)c(OC)c2)C(=O)O)nnc1-c1cc(OC)cc(OC)c1. The molecule has 0 aliphatic carbocycles. The van der Waals surface area contributed by atoms with Crippen LogP contribution in [0.1, 0.15) is 12.5 Å². The molecule has 0 atom stereocenters. The average molecular weight is 488 g/mol. The third-order valence-corrected chi connectivity index (χ3v) is 5.85. The van der Waals surface area contributed by atoms with Gasteiger partial charge in [-0.2, -0.15) is 0 Å². The Morgan fingerprint density at radius 3 is 2.03 bits per heavy atom. The van der Waals surface area contributed by atoms with Crippen molar-refractivity contribution in [1.29, 1.82) is 0 Å². The second-order valence-electron chi connectivity index (χ2n) is 6.84. The van der Waals surface area contributed by atoms with E-state index >= 15 is 0 Å². The molecule has 0 bridgehead atoms. The second kappa shape index (κ2) is 10.8. The first-order chi connectivity index (χ1) is 16.3. The molecular weight excluding hydrogens is 462 g/mol. The van der Waals surface area contributed by atoms with Crippen molar-refractivity contribution < 1.29 is 34.0 Å². The van der Waals surface area contributed by atoms with E-state index in [1.807, 2.05) is 6.92 Å². The zero-order chi connectivity index (χ0) is 24.8. The lowest BCUT2D eigenvalue weighted by Gasteiger charge is -2.11. The zero-order valence-corrected chi connectivity index (χ0v) is 20.2. The summed E-state index contributed by atoms with van der Waals surface area (Å²) in [5.41, 5.74) is 1.18. The van der Waals surface area contributed by atoms with E-state index in [2.05, 4.69) is 10.2 Å². The highest BCUT2D eigenvalue weighted by atomic mass is 32.2. The molecule has 0 radical (unpaired) electrons. The van der Waals surface area contributed by atoms with Crippen LogP contribution in [-0.2, 0) is 11.3 Å². The second-order valence-corrected chi connectivity index (χ2v) is 7.85. The predicted molar refractivity (Wildman–Crippen MR) is 127 cm³/mol. The third-order valence-electron chi connectivity index (χ3n) is 4.85. The van der Waals surface area contributed by atoms with Gasteiger partial charge in [0.15, 0.2) is 22.5 Å². The molecule has 0 aliphatic rings. The minimum absolute atomic E-state index is 0.00771. The number of aromatic hydroxyl groups is 1. The van der Waals surface area contributed by atoms with Gasteiger partial charge in [-0.25, -0.2) is 4.79 Å². The summed E-state index contributed by atoms with van der Waals surface area (Å²) in [4.78, 5) is 12.0. The van der Waals surface area contributed by atoms with Crippen molar-refractivity contribution >= 4 is 23.8 Å². The van der Waals surface area contributed by atoms with E-state index in [9.17, 15) is 15.0 Å². The highest BCUT2D eigenvalue weighted by Gasteiger charge is 2.20. The number of thioether (sulfide) groups is 1. The highest BCUT2D eigenvalue weighted by Crippen LogP contribution is 2.39. The molecule has 11 heteroatoms. The number of carbonyl (C=O) groups is 1. The zero-order valence-electron chi connectivity index (χ0n) is 19.4. The molecule has 0 saturated carbocycles. The first-order valence-corrected chi connectivity index (χ1v) is 10.9. The highest BCUT2D eigenvalue weighted by molar-refractivity contribution is 8.04. The fourth-order valence-electron chi connectivity index (χ4n) is 3.18. The smallest absolute Gasteiger partial charge is 0.342 e. The molecule has 180 valence electrons. The van der Waals surface area contributed by atoms with Crippen LogP contribution in [0.3, 0.4) is 0 Å². The molecule has 3 aromatic rings. The Kier molecular flexibility index (Phi) is 7.90. The van der Waals surface area contributed by atoms with E-state index < -0.39 is 5.97 Å². The van der Waals surface area contributed by atoms with Crippen molar-refractivity contribution in [3.8, 4) is 40.1 Å². The normalized spacial score (nSPS) is 11.3. The Labute approximate surface area is 200 Å². The molecule has 34 heavy (non-hydrogen) atoms. The van der Waals surface area contributed by atoms with Gasteiger partial charge in [0.05, 0.1) is 28.4 Å². The number of rotatable bonds is 10. The van der Waals surface area contributed by atoms with Crippen molar-refractivity contribution in [2.24, 2.45) is 0 Å². The maximum absolute atomic E-state index is 12.0. The van der Waals surface area contributed by atoms with Crippen LogP contribution in [0.4, 0.5) is 0 Å². The molecule has 3 rings (SSSR count). The van der Waals surface area contributed by atoms with E-state index in [0.29, 0.717) is 40.2 Å². The average Bonchev–Trinajstić information content (AvgIpc) is 3.26. The number of phenolic OH excluding ortho intramolecular Hbond substituents is 1. The fourth-order valence-corrected chi connectivity index (χ4v) is 4.07. The summed E-state index contributed by atoms with van der Waals surface area (Å²) >= 11 is 0.954. The number of carboxylic acids is 1. The summed E-state index contributed by atoms with van der Waals surface area (Å²) in [6.07, 6.45) is 1.44. The van der Waals surface area contributed by atoms with Crippen molar-refractivity contribution in [3.63, 3.8) is 0 Å². The number of phenols is 1. The van der Waals surface area contributed by atoms with Crippen molar-refractivity contribution in [2.45, 2.75) is 18.6 Å². The monoisotopic (exact) mass is 487 g/mol. The maximum atomic E-state index is 12.0. The van der Waals surface area contributed by atoms with Gasteiger partial charge in [-0.1, -0.05) is 0 Å². The van der Waals surface area contributed by atoms with Crippen LogP contribution < -0.4 is 18.9 Å². The Balaban J connectivity index is 2.03. The number of benzene rings is 2. The van der Waals surface area contributed by atoms with Gasteiger partial charge in [0.2, 0.25) is 5.75 Å². The first-order valence-electron chi connectivity index (χ1n) is 10.1. The van der Waals surface area contributed by atoms with E-state index in [4.69, 9.17) is 18.9 Å². The van der Waals surface area contributed by atoms with Crippen LogP contribution in [0.2, 0.25) is 0 Å². The van der Waals surface area contributed by atoms with Crippen LogP contribution in [-0.4, -0.2) is 59.4 Å². The molecular formula is C23H25N3O7S. The quantitative estimate of drug-likeness (QED) is 0.321. The van der Waals surface area contributed by atoms with E-state index in [-0.39, 0.29) is 22.2 Å². The van der Waals surface area contributed by atoms with E-state index in [1.54, 1.807) is 37.0 Å². The Morgan fingerprint density at radius 1 is 0.971 bits per heavy atom. The van der Waals surface area contributed by atoms with Gasteiger partial charge in [-0.3, -0.25) is 0 Å². The molecule has 1 heterocycles. The summed E-state index contributed by atoms with van der Waals surface area (Å²) in [6, 6.07) is 8.38. The lowest BCUT2D eigenvalue weighted by atomic mass is 10.1. The van der Waals surface area contributed by atoms with Crippen molar-refractivity contribution in [2.75, 3.05) is 28.4 Å². The molecule has 0 aliphatic heterocycles. The molecule has 0 spiro atoms. The van der Waals surface area contributed by atoms with Crippen LogP contribution in [0.25, 0.3) is 17.5 Å². The van der Waals surface area contributed by atoms with E-state index in [1.165, 1.54) is 32.4 Å². The van der Waals surface area contributed by atoms with Gasteiger partial charge >= 0.3 is 5.97 Å². The van der Waals surface area contributed by atoms with Gasteiger partial charge in [0.25, 0.3) is 0 Å². The number of ether oxygens (including phenoxy) is 4. The number of nitrogens with zero attached hydrogens (tertiary/aromatic N) is 3. The number of aromatic nitrogens is 3. The number of hydrogen-bond acceptors (Lipinski definition) is 9. The number of aliphatic carboxylic acids is 1. The number of methoxy groups -OCH3 is 4. The summed E-state index contributed by atoms with van der Waals surface area (Å²) in [5.74, 6) is 0.727. The number of hydrogen-bond donors (Lipinski definition) is 2. The standard InChI is InChI=1S/C23H25N3O7S/c1-6-26-21(14-10-15(30-2)12-16(11-14)31-3)24-25-23(26)34-19(22(28)29)9-13-7-17(32-4)20(27)18(8-13)33-5/h7-12,27H,6H2,1-5H3,(H,28,29)/b19-9-. The van der Waals surface area contributed by atoms with Gasteiger partial charge in [-0.05, 0) is 54.6 Å². The minimum Gasteiger partial charge on any atom is -0.502 e. The lowest BCUT2D eigenvalue weighted by Crippen LogP contribution is -2.03. The van der Waals surface area contributed by atoms with Gasteiger partial charge < -0.3 is 33.7 Å². The van der Waals surface area contributed by atoms with Gasteiger partial charge in [0, 0.05) is 18.2 Å². The van der Waals surface area contributed by atoms with Gasteiger partial charge in [-0.15, -0.1) is 10.2 Å². The van der Waals surface area contributed by atoms with Crippen molar-refractivity contribution in [3.05, 3.63) is 40.8 Å². The van der Waals surface area contributed by atoms with Crippen LogP contribution in [0.15, 0.2) is 40.4 Å². The topological polar surface area (TPSA) is 125 Å². The third kappa shape index (κ3) is 5.20. The first kappa shape index (κ1) is 24.8. The van der Waals surface area contributed by atoms with Crippen molar-refractivity contribution in [1.82, 2.24) is 14.8 Å². The molecule has 2 N–H and O–H groups in total. The Morgan fingerprint density at radius 2 is 1.56 bits per heavy atom. The van der Waals surface area contributed by atoms with E-state index in [0.717, 1.165) is 11.8 Å². The molecule has 0 fully saturated rings. The molecule has 0 amide bonds. The molecule has 0 unspecified atom stereocenters. The Hall–Kier alpha value is -3.86. The summed E-state index contributed by atoms with van der Waals surface area (Å²) in [7, 11) is 5.91. The Bertz CT molecular complexity index is 1180. The summed E-state index contributed by atoms with van der Waals surface area (Å²) in [5, 5.41) is 28.8. The summed E-state index contributed by atoms with van der Waals surface area (Å²) < 4.78 is 22.8. The van der Waals surface area contributed by atoms with Crippen LogP contribution in [0, 0.1) is 0 Å². The lowest BCUT2D eigenvalue weighted by molar-refractivity contribution is -0.131. The largest absolute Gasteiger partial charge is 0.502 e. The van der Waals surface area contributed by atoms with Gasteiger partial charge in [0.1, 0.15) is 16.4 Å².